The maximum atomic E-state index is 13.7. The maximum Gasteiger partial charge on any atom is 0.255 e. The number of ether oxygens (including phenoxy) is 3. The monoisotopic (exact) mass is 1180 g/mol. The van der Waals surface area contributed by atoms with Crippen LogP contribution >= 0.6 is 12.4 Å². The lowest BCUT2D eigenvalue weighted by molar-refractivity contribution is 0.0974. The van der Waals surface area contributed by atoms with Crippen LogP contribution < -0.4 is 30.6 Å². The summed E-state index contributed by atoms with van der Waals surface area (Å²) in [4.78, 5) is 60.1. The number of carbonyl (C=O) groups is 2. The number of H-pyrrole nitrogens is 2. The predicted molar refractivity (Wildman–Crippen MR) is 325 cm³/mol. The number of nitrogens with one attached hydrogen (secondary N) is 3. The Hall–Kier alpha value is -7.47. The lowest BCUT2D eigenvalue weighted by atomic mass is 9.89. The summed E-state index contributed by atoms with van der Waals surface area (Å²) in [7, 11) is 4.44. The Kier molecular flexibility index (Phi) is 22.0. The number of hydrogen-bond donors (Lipinski definition) is 3. The fourth-order valence-electron chi connectivity index (χ4n) is 12.4. The number of aromatic amines is 2. The summed E-state index contributed by atoms with van der Waals surface area (Å²) in [6.07, 6.45) is 5.29. The van der Waals surface area contributed by atoms with Crippen LogP contribution in [0.15, 0.2) is 107 Å². The molecule has 2 aliphatic heterocycles. The molecule has 0 amide bonds. The van der Waals surface area contributed by atoms with E-state index >= 15 is 0 Å². The number of aromatic nitrogens is 4. The van der Waals surface area contributed by atoms with Gasteiger partial charge in [-0.25, -0.2) is 17.6 Å². The molecule has 448 valence electrons. The van der Waals surface area contributed by atoms with E-state index in [-0.39, 0.29) is 59.7 Å². The van der Waals surface area contributed by atoms with Gasteiger partial charge >= 0.3 is 0 Å². The molecule has 10 rings (SSSR count). The zero-order valence-electron chi connectivity index (χ0n) is 49.4. The van der Waals surface area contributed by atoms with E-state index in [0.29, 0.717) is 76.7 Å². The molecule has 2 saturated heterocycles. The van der Waals surface area contributed by atoms with Crippen molar-refractivity contribution in [2.45, 2.75) is 112 Å². The SMILES string of the molecule is COc1cc(C)[nH]c(=O)c1CCC(=O)c1c(C)n([C@H](C)C2CCN(Cc3cc(F)cc(F)c3)CC2)c2ccccc12.COc1cc(C)[nH]c(=O)c1CCC(=O)c1c(C)n([C@H](C)C2CCNCC2)c2ccccc12.COc1cc(F)cc(F)c1.Cl. The van der Waals surface area contributed by atoms with Crippen LogP contribution in [0.2, 0.25) is 0 Å². The number of aryl methyl sites for hydroxylation is 2. The third kappa shape index (κ3) is 14.9. The molecule has 0 radical (unpaired) electrons. The summed E-state index contributed by atoms with van der Waals surface area (Å²) in [6.45, 7) is 16.5. The zero-order valence-corrected chi connectivity index (χ0v) is 50.2. The number of pyridine rings is 2. The highest BCUT2D eigenvalue weighted by Gasteiger charge is 2.31. The molecule has 18 heteroatoms. The molecule has 0 saturated carbocycles. The molecule has 0 spiro atoms. The molecule has 0 unspecified atom stereocenters. The summed E-state index contributed by atoms with van der Waals surface area (Å²) in [6, 6.07) is 27.0. The second kappa shape index (κ2) is 28.9. The number of benzene rings is 4. The quantitative estimate of drug-likeness (QED) is 0.0597. The Balaban J connectivity index is 0.000000209. The number of Topliss-reactive ketones (excluding diaryl/α,β-unsaturated/α-hetero) is 2. The van der Waals surface area contributed by atoms with Crippen molar-refractivity contribution >= 4 is 45.8 Å². The largest absolute Gasteiger partial charge is 0.497 e. The number of halogens is 5. The van der Waals surface area contributed by atoms with Gasteiger partial charge in [0.2, 0.25) is 0 Å². The van der Waals surface area contributed by atoms with Crippen molar-refractivity contribution in [3.63, 3.8) is 0 Å². The highest BCUT2D eigenvalue weighted by atomic mass is 35.5. The van der Waals surface area contributed by atoms with Gasteiger partial charge in [-0.1, -0.05) is 36.4 Å². The minimum absolute atomic E-state index is 0. The molecule has 2 aliphatic rings. The maximum absolute atomic E-state index is 13.7. The molecule has 4 aromatic carbocycles. The summed E-state index contributed by atoms with van der Waals surface area (Å²) in [5, 5.41) is 5.37. The van der Waals surface area contributed by atoms with E-state index < -0.39 is 23.3 Å². The van der Waals surface area contributed by atoms with Gasteiger partial charge in [0, 0.05) is 111 Å². The first kappa shape index (κ1) is 64.1. The first-order chi connectivity index (χ1) is 39.8. The van der Waals surface area contributed by atoms with Crippen LogP contribution in [0.25, 0.3) is 21.8 Å². The number of para-hydroxylation sites is 2. The first-order valence-electron chi connectivity index (χ1n) is 28.5. The van der Waals surface area contributed by atoms with Crippen molar-refractivity contribution in [3.05, 3.63) is 192 Å². The summed E-state index contributed by atoms with van der Waals surface area (Å²) in [5.41, 5.74) is 8.29. The predicted octanol–water partition coefficient (Wildman–Crippen LogP) is 13.2. The molecule has 0 aliphatic carbocycles. The van der Waals surface area contributed by atoms with Crippen LogP contribution in [0.1, 0.15) is 125 Å². The number of rotatable bonds is 17. The Morgan fingerprint density at radius 1 is 0.571 bits per heavy atom. The Bertz CT molecular complexity index is 3690. The fraction of sp³-hybridized carbons (Fsp3) is 0.394. The van der Waals surface area contributed by atoms with Crippen LogP contribution in [0, 0.1) is 62.8 Å². The summed E-state index contributed by atoms with van der Waals surface area (Å²) >= 11 is 0. The number of ketones is 2. The van der Waals surface area contributed by atoms with Crippen molar-refractivity contribution in [1.29, 1.82) is 0 Å². The molecule has 6 heterocycles. The van der Waals surface area contributed by atoms with Gasteiger partial charge in [-0.3, -0.25) is 24.1 Å². The lowest BCUT2D eigenvalue weighted by Crippen LogP contribution is -2.36. The minimum atomic E-state index is -0.628. The molecule has 2 fully saturated rings. The van der Waals surface area contributed by atoms with Crippen molar-refractivity contribution in [2.24, 2.45) is 11.8 Å². The van der Waals surface area contributed by atoms with Gasteiger partial charge in [-0.05, 0) is 160 Å². The number of piperidine rings is 2. The van der Waals surface area contributed by atoms with E-state index in [9.17, 15) is 36.7 Å². The van der Waals surface area contributed by atoms with E-state index in [1.165, 1.54) is 26.4 Å². The lowest BCUT2D eigenvalue weighted by Gasteiger charge is -2.36. The normalized spacial score (nSPS) is 14.6. The Morgan fingerprint density at radius 3 is 1.39 bits per heavy atom. The van der Waals surface area contributed by atoms with Gasteiger partial charge in [-0.15, -0.1) is 12.4 Å². The third-order valence-electron chi connectivity index (χ3n) is 16.6. The van der Waals surface area contributed by atoms with Crippen LogP contribution in [0.5, 0.6) is 17.2 Å². The van der Waals surface area contributed by atoms with Gasteiger partial charge in [0.05, 0.1) is 32.5 Å². The van der Waals surface area contributed by atoms with Crippen molar-refractivity contribution in [3.8, 4) is 17.2 Å². The second-order valence-corrected chi connectivity index (χ2v) is 22.0. The van der Waals surface area contributed by atoms with E-state index in [1.54, 1.807) is 26.2 Å². The number of likely N-dealkylation sites (tertiary alicyclic amines) is 1. The van der Waals surface area contributed by atoms with Crippen LogP contribution in [-0.2, 0) is 19.4 Å². The first-order valence-corrected chi connectivity index (χ1v) is 28.5. The van der Waals surface area contributed by atoms with Gasteiger partial charge in [-0.2, -0.15) is 0 Å². The standard InChI is InChI=1S/C33H37F2N3O3.C26H33N3O3.C7H6F2O.ClH/c1-20-15-31(41-4)28(33(40)36-20)9-10-30(39)32-22(3)38(29-8-6-5-7-27(29)32)21(2)24-11-13-37(14-12-24)19-23-16-25(34)18-26(35)17-23;1-16-15-24(32-4)21(26(31)28-16)9-10-23(30)25-18(3)29(22-8-6-5-7-20(22)25)17(2)19-11-13-27-14-12-19;1-10-7-3-5(8)2-6(9)4-7;/h5-8,15-18,21,24H,9-14,19H2,1-4H3,(H,36,40);5-8,15,17,19,27H,9-14H2,1-4H3,(H,28,31);2-4H,1H3;1H/t21-;17-;;/m11../s1. The Labute approximate surface area is 494 Å². The molecule has 0 bridgehead atoms. The van der Waals surface area contributed by atoms with Crippen molar-refractivity contribution < 1.29 is 41.4 Å². The minimum Gasteiger partial charge on any atom is -0.497 e. The van der Waals surface area contributed by atoms with Gasteiger partial charge in [0.25, 0.3) is 11.1 Å². The van der Waals surface area contributed by atoms with Gasteiger partial charge < -0.3 is 38.6 Å². The average molecular weight is 1180 g/mol. The van der Waals surface area contributed by atoms with Crippen molar-refractivity contribution in [2.75, 3.05) is 47.5 Å². The van der Waals surface area contributed by atoms with Gasteiger partial charge in [0.1, 0.15) is 40.5 Å². The highest BCUT2D eigenvalue weighted by molar-refractivity contribution is 6.10. The molecule has 13 nitrogen and oxygen atoms in total. The summed E-state index contributed by atoms with van der Waals surface area (Å²) < 4.78 is 72.0. The van der Waals surface area contributed by atoms with E-state index in [1.807, 2.05) is 50.2 Å². The molecule has 8 aromatic rings. The molecule has 2 atom stereocenters. The molecule has 84 heavy (non-hydrogen) atoms. The molecule has 3 N–H and O–H groups in total. The van der Waals surface area contributed by atoms with Crippen LogP contribution in [0.4, 0.5) is 17.6 Å². The topological polar surface area (TPSA) is 153 Å². The van der Waals surface area contributed by atoms with Crippen LogP contribution in [-0.4, -0.2) is 83.1 Å². The highest BCUT2D eigenvalue weighted by Crippen LogP contribution is 2.38. The molecule has 4 aromatic heterocycles. The fourth-order valence-corrected chi connectivity index (χ4v) is 12.4. The third-order valence-corrected chi connectivity index (χ3v) is 16.6. The van der Waals surface area contributed by atoms with Crippen molar-refractivity contribution in [1.82, 2.24) is 29.3 Å². The van der Waals surface area contributed by atoms with E-state index in [0.717, 1.165) is 121 Å². The van der Waals surface area contributed by atoms with E-state index in [2.05, 4.69) is 67.0 Å². The number of carbonyl (C=O) groups excluding carboxylic acids is 2. The number of fused-ring (bicyclic) bond motifs is 2. The second-order valence-electron chi connectivity index (χ2n) is 22.0. The molecular weight excluding hydrogens is 1100 g/mol. The number of nitrogens with zero attached hydrogens (tertiary/aromatic N) is 3. The van der Waals surface area contributed by atoms with E-state index in [4.69, 9.17) is 9.47 Å². The zero-order chi connectivity index (χ0) is 59.6. The summed E-state index contributed by atoms with van der Waals surface area (Å²) in [5.74, 6) is -0.0693. The Morgan fingerprint density at radius 2 is 0.976 bits per heavy atom. The smallest absolute Gasteiger partial charge is 0.255 e. The van der Waals surface area contributed by atoms with Crippen LogP contribution in [0.3, 0.4) is 0 Å². The van der Waals surface area contributed by atoms with Gasteiger partial charge in [0.15, 0.2) is 11.6 Å². The number of methoxy groups -OCH3 is 3. The number of hydrogen-bond acceptors (Lipinski definition) is 9. The molecular formula is C66H77ClF4N6O7. The average Bonchev–Trinajstić information content (AvgIpc) is 3.14.